The van der Waals surface area contributed by atoms with E-state index in [4.69, 9.17) is 4.74 Å². The summed E-state index contributed by atoms with van der Waals surface area (Å²) in [6.45, 7) is 2.70. The Morgan fingerprint density at radius 1 is 1.07 bits per heavy atom. The maximum absolute atomic E-state index is 13.9. The van der Waals surface area contributed by atoms with Crippen LogP contribution in [-0.2, 0) is 14.8 Å². The van der Waals surface area contributed by atoms with E-state index in [1.165, 1.54) is 16.6 Å². The Balaban J connectivity index is 1.36. The average Bonchev–Trinajstić information content (AvgIpc) is 2.93. The van der Waals surface area contributed by atoms with Crippen LogP contribution >= 0.6 is 0 Å². The van der Waals surface area contributed by atoms with E-state index >= 15 is 0 Å². The quantitative estimate of drug-likeness (QED) is 0.745. The van der Waals surface area contributed by atoms with Crippen LogP contribution < -0.4 is 0 Å². The second kappa shape index (κ2) is 7.96. The van der Waals surface area contributed by atoms with E-state index in [0.29, 0.717) is 37.1 Å². The Hall–Kier alpha value is -1.51. The van der Waals surface area contributed by atoms with Gasteiger partial charge in [0.25, 0.3) is 5.91 Å². The zero-order chi connectivity index (χ0) is 20.8. The van der Waals surface area contributed by atoms with Crippen LogP contribution in [0.1, 0.15) is 54.4 Å². The molecule has 0 aromatic heterocycles. The van der Waals surface area contributed by atoms with Crippen molar-refractivity contribution in [3.8, 4) is 0 Å². The van der Waals surface area contributed by atoms with Crippen LogP contribution in [0, 0.1) is 12.7 Å². The minimum Gasteiger partial charge on any atom is -0.375 e. The van der Waals surface area contributed by atoms with Crippen molar-refractivity contribution in [2.75, 3.05) is 19.3 Å². The minimum absolute atomic E-state index is 0.0749. The third-order valence-electron chi connectivity index (χ3n) is 6.60. The molecule has 3 aliphatic heterocycles. The molecule has 2 bridgehead atoms. The molecule has 4 rings (SSSR count). The van der Waals surface area contributed by atoms with Crippen molar-refractivity contribution in [2.24, 2.45) is 0 Å². The van der Waals surface area contributed by atoms with E-state index in [0.717, 1.165) is 25.7 Å². The molecule has 3 aliphatic rings. The molecule has 160 valence electrons. The molecule has 0 aliphatic carbocycles. The first-order valence-electron chi connectivity index (χ1n) is 10.4. The van der Waals surface area contributed by atoms with E-state index < -0.39 is 10.0 Å². The number of rotatable bonds is 4. The zero-order valence-electron chi connectivity index (χ0n) is 17.0. The molecule has 6 nitrogen and oxygen atoms in total. The fraction of sp³-hybridized carbons (Fsp3) is 0.667. The summed E-state index contributed by atoms with van der Waals surface area (Å²) in [5, 5.41) is 0. The number of fused-ring (bicyclic) bond motifs is 2. The molecule has 3 saturated heterocycles. The Labute approximate surface area is 172 Å². The van der Waals surface area contributed by atoms with E-state index in [1.807, 2.05) is 4.90 Å². The highest BCUT2D eigenvalue weighted by atomic mass is 32.2. The summed E-state index contributed by atoms with van der Waals surface area (Å²) < 4.78 is 45.1. The predicted octanol–water partition coefficient (Wildman–Crippen LogP) is 2.71. The van der Waals surface area contributed by atoms with E-state index in [-0.39, 0.29) is 36.0 Å². The highest BCUT2D eigenvalue weighted by Crippen LogP contribution is 2.39. The first kappa shape index (κ1) is 20.8. The number of hydrogen-bond acceptors (Lipinski definition) is 4. The monoisotopic (exact) mass is 424 g/mol. The van der Waals surface area contributed by atoms with Gasteiger partial charge in [-0.15, -0.1) is 0 Å². The largest absolute Gasteiger partial charge is 0.375 e. The molecule has 1 amide bonds. The van der Waals surface area contributed by atoms with Crippen molar-refractivity contribution in [3.63, 3.8) is 0 Å². The Morgan fingerprint density at radius 3 is 2.24 bits per heavy atom. The second-order valence-electron chi connectivity index (χ2n) is 8.65. The first-order valence-corrected chi connectivity index (χ1v) is 12.3. The molecule has 0 N–H and O–H groups in total. The molecule has 8 heteroatoms. The molecule has 0 radical (unpaired) electrons. The molecule has 3 heterocycles. The number of hydrogen-bond donors (Lipinski definition) is 0. The van der Waals surface area contributed by atoms with Crippen LogP contribution in [0.2, 0.25) is 0 Å². The second-order valence-corrected chi connectivity index (χ2v) is 10.6. The third kappa shape index (κ3) is 4.34. The van der Waals surface area contributed by atoms with Crippen LogP contribution in [0.4, 0.5) is 4.39 Å². The lowest BCUT2D eigenvalue weighted by atomic mass is 9.97. The number of carbonyl (C=O) groups is 1. The Bertz CT molecular complexity index is 869. The van der Waals surface area contributed by atoms with Gasteiger partial charge in [-0.3, -0.25) is 4.79 Å². The van der Waals surface area contributed by atoms with Gasteiger partial charge in [-0.2, -0.15) is 0 Å². The van der Waals surface area contributed by atoms with Gasteiger partial charge in [0.2, 0.25) is 10.0 Å². The molecule has 3 fully saturated rings. The minimum atomic E-state index is -3.13. The van der Waals surface area contributed by atoms with Gasteiger partial charge in [-0.05, 0) is 63.1 Å². The summed E-state index contributed by atoms with van der Waals surface area (Å²) in [4.78, 5) is 14.9. The van der Waals surface area contributed by atoms with Crippen LogP contribution in [-0.4, -0.2) is 67.2 Å². The summed E-state index contributed by atoms with van der Waals surface area (Å²) in [5.74, 6) is -0.432. The number of benzene rings is 1. The number of ether oxygens (including phenoxy) is 1. The maximum atomic E-state index is 13.9. The van der Waals surface area contributed by atoms with Crippen LogP contribution in [0.15, 0.2) is 18.2 Å². The van der Waals surface area contributed by atoms with Crippen LogP contribution in [0.25, 0.3) is 0 Å². The number of aryl methyl sites for hydroxylation is 1. The van der Waals surface area contributed by atoms with Crippen molar-refractivity contribution < 1.29 is 22.3 Å². The molecule has 1 aromatic rings. The van der Waals surface area contributed by atoms with Crippen molar-refractivity contribution in [2.45, 2.75) is 69.7 Å². The number of sulfonamides is 1. The molecule has 0 spiro atoms. The number of carbonyl (C=O) groups excluding carboxylic acids is 1. The fourth-order valence-corrected chi connectivity index (χ4v) is 5.89. The summed E-state index contributed by atoms with van der Waals surface area (Å²) in [5.41, 5.74) is 0.955. The van der Waals surface area contributed by atoms with Gasteiger partial charge in [0.15, 0.2) is 0 Å². The molecular weight excluding hydrogens is 395 g/mol. The van der Waals surface area contributed by atoms with Gasteiger partial charge in [-0.1, -0.05) is 6.07 Å². The van der Waals surface area contributed by atoms with Crippen molar-refractivity contribution in [1.29, 1.82) is 0 Å². The highest BCUT2D eigenvalue weighted by molar-refractivity contribution is 7.88. The lowest BCUT2D eigenvalue weighted by Gasteiger charge is -2.41. The Morgan fingerprint density at radius 2 is 1.69 bits per heavy atom. The van der Waals surface area contributed by atoms with E-state index in [1.54, 1.807) is 19.1 Å². The summed E-state index contributed by atoms with van der Waals surface area (Å²) in [6.07, 6.45) is 6.35. The standard InChI is InChI=1S/C21H29FN2O4S/c1-14-3-4-15(11-20(14)22)21(25)24-16-5-6-17(24)13-19(12-16)28-18-7-9-23(10-8-18)29(2,26)27/h3-4,11,16-19H,5-10,12-13H2,1-2H3/t16-,17+,19?. The van der Waals surface area contributed by atoms with E-state index in [9.17, 15) is 17.6 Å². The number of amides is 1. The fourth-order valence-electron chi connectivity index (χ4n) is 5.02. The number of piperidine rings is 2. The normalized spacial score (nSPS) is 28.7. The lowest BCUT2D eigenvalue weighted by molar-refractivity contribution is -0.0689. The highest BCUT2D eigenvalue weighted by Gasteiger charge is 2.44. The predicted molar refractivity (Wildman–Crippen MR) is 108 cm³/mol. The summed E-state index contributed by atoms with van der Waals surface area (Å²) in [7, 11) is -3.13. The van der Waals surface area contributed by atoms with Crippen molar-refractivity contribution in [1.82, 2.24) is 9.21 Å². The van der Waals surface area contributed by atoms with Crippen LogP contribution in [0.3, 0.4) is 0 Å². The van der Waals surface area contributed by atoms with E-state index in [2.05, 4.69) is 0 Å². The van der Waals surface area contributed by atoms with Gasteiger partial charge >= 0.3 is 0 Å². The Kier molecular flexibility index (Phi) is 5.70. The molecule has 1 aromatic carbocycles. The van der Waals surface area contributed by atoms with Crippen LogP contribution in [0.5, 0.6) is 0 Å². The first-order chi connectivity index (χ1) is 13.7. The summed E-state index contributed by atoms with van der Waals surface area (Å²) in [6, 6.07) is 4.97. The van der Waals surface area contributed by atoms with Gasteiger partial charge in [0.05, 0.1) is 18.5 Å². The SMILES string of the molecule is Cc1ccc(C(=O)N2[C@@H]3CC[C@H]2CC(OC2CCN(S(C)(=O)=O)CC2)C3)cc1F. The maximum Gasteiger partial charge on any atom is 0.254 e. The van der Waals surface area contributed by atoms with Gasteiger partial charge < -0.3 is 9.64 Å². The zero-order valence-corrected chi connectivity index (χ0v) is 17.8. The molecule has 0 saturated carbocycles. The molecular formula is C21H29FN2O4S. The number of halogens is 1. The molecule has 3 atom stereocenters. The molecule has 29 heavy (non-hydrogen) atoms. The smallest absolute Gasteiger partial charge is 0.254 e. The number of nitrogens with zero attached hydrogens (tertiary/aromatic N) is 2. The van der Waals surface area contributed by atoms with Gasteiger partial charge in [0, 0.05) is 30.7 Å². The third-order valence-corrected chi connectivity index (χ3v) is 7.90. The molecule has 1 unspecified atom stereocenters. The summed E-state index contributed by atoms with van der Waals surface area (Å²) >= 11 is 0. The van der Waals surface area contributed by atoms with Gasteiger partial charge in [0.1, 0.15) is 5.82 Å². The lowest BCUT2D eigenvalue weighted by Crippen LogP contribution is -2.50. The van der Waals surface area contributed by atoms with Crippen molar-refractivity contribution >= 4 is 15.9 Å². The van der Waals surface area contributed by atoms with Crippen molar-refractivity contribution in [3.05, 3.63) is 35.1 Å². The average molecular weight is 425 g/mol. The van der Waals surface area contributed by atoms with Gasteiger partial charge in [-0.25, -0.2) is 17.1 Å². The topological polar surface area (TPSA) is 66.9 Å².